The molecule has 0 aromatic rings. The van der Waals surface area contributed by atoms with Crippen LogP contribution in [0.25, 0.3) is 0 Å². The van der Waals surface area contributed by atoms with Crippen molar-refractivity contribution >= 4 is 11.9 Å². The lowest BCUT2D eigenvalue weighted by atomic mass is 10.0. The number of aliphatic hydroxyl groups is 1. The largest absolute Gasteiger partial charge is 0.466 e. The number of nitrogens with one attached hydrogen (secondary N) is 1. The lowest BCUT2D eigenvalue weighted by Gasteiger charge is -2.16. The summed E-state index contributed by atoms with van der Waals surface area (Å²) < 4.78 is 4.43. The molecule has 0 fully saturated rings. The van der Waals surface area contributed by atoms with Crippen LogP contribution in [0.2, 0.25) is 0 Å². The number of hydrogen-bond acceptors (Lipinski definition) is 5. The fourth-order valence-electron chi connectivity index (χ4n) is 1.32. The fraction of sp³-hybridized carbons (Fsp3) is 0.467. The van der Waals surface area contributed by atoms with Crippen molar-refractivity contribution in [2.24, 2.45) is 11.7 Å². The number of allylic oxidation sites excluding steroid dienone is 4. The maximum Gasteiger partial charge on any atom is 0.330 e. The fourth-order valence-corrected chi connectivity index (χ4v) is 1.32. The predicted octanol–water partition coefficient (Wildman–Crippen LogP) is 0.290. The maximum absolute atomic E-state index is 11.6. The van der Waals surface area contributed by atoms with Gasteiger partial charge in [-0.15, -0.1) is 0 Å². The molecule has 0 unspecified atom stereocenters. The normalized spacial score (nSPS) is 14.7. The average molecular weight is 296 g/mol. The molecule has 0 radical (unpaired) electrons. The van der Waals surface area contributed by atoms with Crippen LogP contribution in [-0.4, -0.2) is 43.3 Å². The van der Waals surface area contributed by atoms with E-state index in [1.165, 1.54) is 13.2 Å². The van der Waals surface area contributed by atoms with Gasteiger partial charge in [0.05, 0.1) is 19.1 Å². The van der Waals surface area contributed by atoms with Crippen molar-refractivity contribution in [2.45, 2.75) is 19.4 Å². The molecule has 0 aromatic heterocycles. The van der Waals surface area contributed by atoms with Gasteiger partial charge in [0.1, 0.15) is 0 Å². The first-order valence-electron chi connectivity index (χ1n) is 6.76. The monoisotopic (exact) mass is 296 g/mol. The van der Waals surface area contributed by atoms with Gasteiger partial charge in [-0.05, 0) is 6.42 Å². The molecule has 0 aliphatic rings. The Balaban J connectivity index is 3.83. The lowest BCUT2D eigenvalue weighted by Crippen LogP contribution is -2.39. The van der Waals surface area contributed by atoms with Gasteiger partial charge in [0.2, 0.25) is 5.91 Å². The summed E-state index contributed by atoms with van der Waals surface area (Å²) >= 11 is 0. The summed E-state index contributed by atoms with van der Waals surface area (Å²) in [5, 5.41) is 12.1. The van der Waals surface area contributed by atoms with Gasteiger partial charge in [-0.1, -0.05) is 37.3 Å². The van der Waals surface area contributed by atoms with E-state index in [1.807, 2.05) is 12.2 Å². The molecule has 0 saturated carbocycles. The van der Waals surface area contributed by atoms with E-state index in [4.69, 9.17) is 5.73 Å². The molecule has 0 spiro atoms. The molecule has 4 N–H and O–H groups in total. The van der Waals surface area contributed by atoms with Gasteiger partial charge in [-0.3, -0.25) is 4.79 Å². The molecule has 0 rings (SSSR count). The molecule has 21 heavy (non-hydrogen) atoms. The van der Waals surface area contributed by atoms with Crippen LogP contribution in [0.4, 0.5) is 0 Å². The Hall–Kier alpha value is -1.92. The number of esters is 1. The molecule has 1 amide bonds. The zero-order valence-electron chi connectivity index (χ0n) is 12.5. The molecular weight excluding hydrogens is 272 g/mol. The number of nitrogens with two attached hydrogens (primary N) is 1. The van der Waals surface area contributed by atoms with Crippen LogP contribution in [0, 0.1) is 5.92 Å². The van der Waals surface area contributed by atoms with Gasteiger partial charge in [0.15, 0.2) is 0 Å². The van der Waals surface area contributed by atoms with E-state index in [0.29, 0.717) is 13.0 Å². The summed E-state index contributed by atoms with van der Waals surface area (Å²) in [5.74, 6) is -1.12. The van der Waals surface area contributed by atoms with Crippen molar-refractivity contribution in [3.63, 3.8) is 0 Å². The molecule has 6 heteroatoms. The number of rotatable bonds is 9. The van der Waals surface area contributed by atoms with Crippen LogP contribution >= 0.6 is 0 Å². The van der Waals surface area contributed by atoms with E-state index in [0.717, 1.165) is 0 Å². The first kappa shape index (κ1) is 19.1. The second-order valence-corrected chi connectivity index (χ2v) is 4.37. The number of amides is 1. The van der Waals surface area contributed by atoms with Crippen molar-refractivity contribution in [2.75, 3.05) is 20.2 Å². The minimum Gasteiger partial charge on any atom is -0.466 e. The van der Waals surface area contributed by atoms with Gasteiger partial charge in [-0.2, -0.15) is 0 Å². The number of carbonyl (C=O) groups is 2. The molecule has 0 aliphatic heterocycles. The van der Waals surface area contributed by atoms with E-state index in [1.54, 1.807) is 25.2 Å². The highest BCUT2D eigenvalue weighted by molar-refractivity contribution is 5.82. The molecule has 0 heterocycles. The molecule has 0 aromatic carbocycles. The highest BCUT2D eigenvalue weighted by Gasteiger charge is 2.19. The van der Waals surface area contributed by atoms with E-state index < -0.39 is 18.0 Å². The summed E-state index contributed by atoms with van der Waals surface area (Å²) in [7, 11) is 1.32. The summed E-state index contributed by atoms with van der Waals surface area (Å²) in [6.45, 7) is 2.19. The SMILES string of the molecule is COC(=O)/C=C/C=C/C=C/CCNC(=O)[C@@H](C)[C@@H](O)CN. The summed E-state index contributed by atoms with van der Waals surface area (Å²) in [6.07, 6.45) is 9.90. The Bertz CT molecular complexity index is 402. The average Bonchev–Trinajstić information content (AvgIpc) is 2.50. The maximum atomic E-state index is 11.6. The minimum atomic E-state index is -0.815. The van der Waals surface area contributed by atoms with Crippen molar-refractivity contribution in [1.29, 1.82) is 0 Å². The van der Waals surface area contributed by atoms with Gasteiger partial charge >= 0.3 is 5.97 Å². The number of carbonyl (C=O) groups excluding carboxylic acids is 2. The third-order valence-corrected chi connectivity index (χ3v) is 2.75. The van der Waals surface area contributed by atoms with E-state index in [9.17, 15) is 14.7 Å². The summed E-state index contributed by atoms with van der Waals surface area (Å²) in [5.41, 5.74) is 5.29. The van der Waals surface area contributed by atoms with Crippen molar-refractivity contribution < 1.29 is 19.4 Å². The first-order valence-corrected chi connectivity index (χ1v) is 6.76. The van der Waals surface area contributed by atoms with Gasteiger partial charge in [0.25, 0.3) is 0 Å². The van der Waals surface area contributed by atoms with E-state index >= 15 is 0 Å². The number of aliphatic hydroxyl groups excluding tert-OH is 1. The number of ether oxygens (including phenoxy) is 1. The minimum absolute atomic E-state index is 0.0678. The Kier molecular flexibility index (Phi) is 10.8. The van der Waals surface area contributed by atoms with Crippen LogP contribution < -0.4 is 11.1 Å². The zero-order valence-corrected chi connectivity index (χ0v) is 12.5. The third kappa shape index (κ3) is 9.59. The number of methoxy groups -OCH3 is 1. The van der Waals surface area contributed by atoms with Gasteiger partial charge < -0.3 is 20.9 Å². The quantitative estimate of drug-likeness (QED) is 0.246. The van der Waals surface area contributed by atoms with Crippen molar-refractivity contribution in [1.82, 2.24) is 5.32 Å². The molecular formula is C15H24N2O4. The second-order valence-electron chi connectivity index (χ2n) is 4.37. The van der Waals surface area contributed by atoms with E-state index in [2.05, 4.69) is 10.1 Å². The highest BCUT2D eigenvalue weighted by atomic mass is 16.5. The molecule has 118 valence electrons. The smallest absolute Gasteiger partial charge is 0.330 e. The van der Waals surface area contributed by atoms with Crippen LogP contribution in [0.15, 0.2) is 36.5 Å². The zero-order chi connectivity index (χ0) is 16.1. The standard InChI is InChI=1S/C15H24N2O4/c1-12(13(18)11-16)15(20)17-10-8-6-4-3-5-7-9-14(19)21-2/h3-7,9,12-13,18H,8,10-11,16H2,1-2H3,(H,17,20)/b5-3+,6-4+,9-7+/t12-,13-/m0/s1. The van der Waals surface area contributed by atoms with Crippen LogP contribution in [0.3, 0.4) is 0 Å². The molecule has 6 nitrogen and oxygen atoms in total. The Morgan fingerprint density at radius 3 is 2.57 bits per heavy atom. The van der Waals surface area contributed by atoms with Gasteiger partial charge in [-0.25, -0.2) is 4.79 Å². The van der Waals surface area contributed by atoms with Crippen molar-refractivity contribution in [3.8, 4) is 0 Å². The van der Waals surface area contributed by atoms with Crippen molar-refractivity contribution in [3.05, 3.63) is 36.5 Å². The highest BCUT2D eigenvalue weighted by Crippen LogP contribution is 2.01. The van der Waals surface area contributed by atoms with Gasteiger partial charge in [0, 0.05) is 19.2 Å². The Labute approximate surface area is 125 Å². The van der Waals surface area contributed by atoms with E-state index in [-0.39, 0.29) is 12.5 Å². The molecule has 0 bridgehead atoms. The first-order chi connectivity index (χ1) is 10.0. The Morgan fingerprint density at radius 1 is 1.29 bits per heavy atom. The van der Waals surface area contributed by atoms with Crippen LogP contribution in [0.1, 0.15) is 13.3 Å². The molecule has 0 saturated heterocycles. The van der Waals surface area contributed by atoms with Crippen LogP contribution in [0.5, 0.6) is 0 Å². The van der Waals surface area contributed by atoms with Crippen LogP contribution in [-0.2, 0) is 14.3 Å². The second kappa shape index (κ2) is 11.9. The Morgan fingerprint density at radius 2 is 1.95 bits per heavy atom. The summed E-state index contributed by atoms with van der Waals surface area (Å²) in [4.78, 5) is 22.3. The molecule has 2 atom stereocenters. The molecule has 0 aliphatic carbocycles. The lowest BCUT2D eigenvalue weighted by molar-refractivity contribution is -0.134. The number of hydrogen-bond donors (Lipinski definition) is 3. The topological polar surface area (TPSA) is 102 Å². The predicted molar refractivity (Wildman–Crippen MR) is 81.3 cm³/mol. The third-order valence-electron chi connectivity index (χ3n) is 2.75. The summed E-state index contributed by atoms with van der Waals surface area (Å²) in [6, 6.07) is 0.